The zero-order chi connectivity index (χ0) is 52.4. The molecule has 0 aliphatic rings. The van der Waals surface area contributed by atoms with Gasteiger partial charge in [-0.3, -0.25) is 14.4 Å². The largest absolute Gasteiger partial charge is 0.512 e. The minimum Gasteiger partial charge on any atom is -0.512 e. The molecule has 0 heterocycles. The average molecular weight is 949 g/mol. The Labute approximate surface area is 411 Å². The highest BCUT2D eigenvalue weighted by atomic mass is 16.6. The third kappa shape index (κ3) is 18.5. The molecule has 68 heavy (non-hydrogen) atoms. The normalized spacial score (nSPS) is 13.9. The molecule has 0 unspecified atom stereocenters. The highest BCUT2D eigenvalue weighted by molar-refractivity contribution is 5.71. The highest BCUT2D eigenvalue weighted by Gasteiger charge is 2.37. The van der Waals surface area contributed by atoms with Crippen molar-refractivity contribution in [2.75, 3.05) is 33.5 Å². The summed E-state index contributed by atoms with van der Waals surface area (Å²) >= 11 is 0. The summed E-state index contributed by atoms with van der Waals surface area (Å²) in [5.74, 6) is -0.587. The van der Waals surface area contributed by atoms with Crippen molar-refractivity contribution >= 4 is 17.9 Å². The Morgan fingerprint density at radius 2 is 0.882 bits per heavy atom. The third-order valence-corrected chi connectivity index (χ3v) is 12.7. The summed E-state index contributed by atoms with van der Waals surface area (Å²) in [4.78, 5) is 40.6. The number of aromatic hydroxyl groups is 2. The van der Waals surface area contributed by atoms with Crippen LogP contribution >= 0.6 is 0 Å². The number of carbonyl (C=O) groups is 3. The Balaban J connectivity index is 2.40. The summed E-state index contributed by atoms with van der Waals surface area (Å²) in [6.45, 7) is 38.2. The molecule has 0 spiro atoms. The first-order chi connectivity index (χ1) is 30.9. The van der Waals surface area contributed by atoms with Crippen LogP contribution in [0.15, 0.2) is 47.2 Å². The van der Waals surface area contributed by atoms with Gasteiger partial charge in [0.1, 0.15) is 31.3 Å². The lowest BCUT2D eigenvalue weighted by Gasteiger charge is -2.31. The molecule has 0 atom stereocenters. The van der Waals surface area contributed by atoms with E-state index in [0.717, 1.165) is 50.9 Å². The number of aliphatic hydroxyl groups is 1. The lowest BCUT2D eigenvalue weighted by atomic mass is 9.78. The number of aryl methyl sites for hydroxylation is 2. The Morgan fingerprint density at radius 3 is 1.18 bits per heavy atom. The van der Waals surface area contributed by atoms with Gasteiger partial charge >= 0.3 is 17.9 Å². The number of methoxy groups -OCH3 is 1. The van der Waals surface area contributed by atoms with Crippen LogP contribution in [0.2, 0.25) is 0 Å². The van der Waals surface area contributed by atoms with Crippen molar-refractivity contribution in [3.05, 3.63) is 80.6 Å². The molecule has 0 radical (unpaired) electrons. The van der Waals surface area contributed by atoms with Crippen LogP contribution in [0.3, 0.4) is 0 Å². The first kappa shape index (κ1) is 59.8. The molecule has 10 nitrogen and oxygen atoms in total. The van der Waals surface area contributed by atoms with Crippen molar-refractivity contribution < 1.29 is 48.7 Å². The molecule has 3 N–H and O–H groups in total. The smallest absolute Gasteiger partial charge is 0.306 e. The molecule has 0 fully saturated rings. The molecule has 0 aliphatic heterocycles. The van der Waals surface area contributed by atoms with E-state index in [1.54, 1.807) is 0 Å². The monoisotopic (exact) mass is 949 g/mol. The van der Waals surface area contributed by atoms with Crippen LogP contribution < -0.4 is 0 Å². The molecule has 0 saturated carbocycles. The Kier molecular flexibility index (Phi) is 20.7. The van der Waals surface area contributed by atoms with Crippen LogP contribution in [0.4, 0.5) is 0 Å². The number of allylic oxidation sites excluding steroid dienone is 4. The van der Waals surface area contributed by atoms with E-state index in [1.165, 1.54) is 7.11 Å². The van der Waals surface area contributed by atoms with E-state index in [1.807, 2.05) is 120 Å². The van der Waals surface area contributed by atoms with E-state index in [4.69, 9.17) is 18.9 Å². The molecule has 10 heteroatoms. The van der Waals surface area contributed by atoms with Crippen LogP contribution in [0, 0.1) is 16.2 Å². The first-order valence-electron chi connectivity index (χ1n) is 24.6. The van der Waals surface area contributed by atoms with Gasteiger partial charge in [-0.1, -0.05) is 167 Å². The maximum atomic E-state index is 13.6. The Morgan fingerprint density at radius 1 is 0.544 bits per heavy atom. The fourth-order valence-corrected chi connectivity index (χ4v) is 7.95. The zero-order valence-corrected chi connectivity index (χ0v) is 46.1. The SMILES string of the molecule is CCC(C)(C)C/C(O)=C(\C=C(/C)CCC(=O)OCC(COC)(COC(=O)CCc1cc(C(C)(C)C)c(O)c(C(C)(C)C)c1)COC(=O)CCc1cc(C(C)(C)C)c(O)c(C(C)(C)C)c1)C(C)(C)C. The number of phenolic OH excluding ortho intramolecular Hbond substituents is 2. The molecule has 2 aromatic rings. The third-order valence-electron chi connectivity index (χ3n) is 12.7. The number of hydrogen-bond acceptors (Lipinski definition) is 10. The molecule has 0 saturated heterocycles. The number of aliphatic hydroxyl groups excluding tert-OH is 1. The van der Waals surface area contributed by atoms with Gasteiger partial charge < -0.3 is 34.3 Å². The van der Waals surface area contributed by atoms with Crippen molar-refractivity contribution in [2.24, 2.45) is 16.2 Å². The number of rotatable bonds is 21. The van der Waals surface area contributed by atoms with Gasteiger partial charge in [0.2, 0.25) is 0 Å². The summed E-state index contributed by atoms with van der Waals surface area (Å²) in [6, 6.07) is 7.80. The molecule has 0 aliphatic carbocycles. The number of ether oxygens (including phenoxy) is 4. The molecular formula is C58H92O10. The quantitative estimate of drug-likeness (QED) is 0.0478. The molecule has 384 valence electrons. The first-order valence-corrected chi connectivity index (χ1v) is 24.6. The van der Waals surface area contributed by atoms with Crippen molar-refractivity contribution in [1.82, 2.24) is 0 Å². The number of phenols is 2. The fourth-order valence-electron chi connectivity index (χ4n) is 7.95. The molecule has 2 rings (SSSR count). The Bertz CT molecular complexity index is 1930. The molecule has 2 aromatic carbocycles. The van der Waals surface area contributed by atoms with Crippen LogP contribution in [-0.4, -0.2) is 66.8 Å². The van der Waals surface area contributed by atoms with Gasteiger partial charge in [0, 0.05) is 32.8 Å². The van der Waals surface area contributed by atoms with E-state index in [-0.39, 0.29) is 89.7 Å². The maximum absolute atomic E-state index is 13.6. The second kappa shape index (κ2) is 23.5. The number of carbonyl (C=O) groups excluding carboxylic acids is 3. The van der Waals surface area contributed by atoms with Gasteiger partial charge in [-0.15, -0.1) is 0 Å². The maximum Gasteiger partial charge on any atom is 0.306 e. The Hall–Kier alpha value is -4.31. The number of esters is 3. The van der Waals surface area contributed by atoms with Gasteiger partial charge in [-0.25, -0.2) is 0 Å². The lowest BCUT2D eigenvalue weighted by molar-refractivity contribution is -0.166. The zero-order valence-electron chi connectivity index (χ0n) is 46.1. The standard InChI is InChI=1S/C58H92O10/c1-21-57(18,19)33-46(59)41(52(3,4)5)28-38(2)22-25-47(60)66-35-58(34-65-20,36-67-48(61)26-23-39-29-42(53(6,7)8)50(63)43(30-39)54(9,10)11)37-68-49(62)27-24-40-31-44(55(12,13)14)51(64)45(32-40)56(15,16)17/h28-32,59,63-64H,21-27,33-37H2,1-20H3/b38-28+,46-41-. The predicted molar refractivity (Wildman–Crippen MR) is 276 cm³/mol. The number of benzene rings is 2. The average Bonchev–Trinajstić information content (AvgIpc) is 3.19. The van der Waals surface area contributed by atoms with Crippen LogP contribution in [0.25, 0.3) is 0 Å². The van der Waals surface area contributed by atoms with E-state index >= 15 is 0 Å². The summed E-state index contributed by atoms with van der Waals surface area (Å²) < 4.78 is 23.4. The second-order valence-electron chi connectivity index (χ2n) is 25.3. The van der Waals surface area contributed by atoms with Crippen molar-refractivity contribution in [3.8, 4) is 11.5 Å². The fraction of sp³-hybridized carbons (Fsp3) is 0.672. The van der Waals surface area contributed by atoms with Gasteiger partial charge in [-0.05, 0) is 97.6 Å². The summed E-state index contributed by atoms with van der Waals surface area (Å²) in [5, 5.41) is 33.7. The van der Waals surface area contributed by atoms with Crippen molar-refractivity contribution in [1.29, 1.82) is 0 Å². The summed E-state index contributed by atoms with van der Waals surface area (Å²) in [5.41, 5.74) is 3.79. The minimum absolute atomic E-state index is 0.0441. The minimum atomic E-state index is -1.23. The van der Waals surface area contributed by atoms with Crippen LogP contribution in [0.5, 0.6) is 11.5 Å². The molecular weight excluding hydrogens is 857 g/mol. The van der Waals surface area contributed by atoms with Crippen molar-refractivity contribution in [3.63, 3.8) is 0 Å². The van der Waals surface area contributed by atoms with E-state index in [9.17, 15) is 29.7 Å². The van der Waals surface area contributed by atoms with Gasteiger partial charge in [0.25, 0.3) is 0 Å². The highest BCUT2D eigenvalue weighted by Crippen LogP contribution is 2.42. The van der Waals surface area contributed by atoms with E-state index < -0.39 is 23.3 Å². The topological polar surface area (TPSA) is 149 Å². The summed E-state index contributed by atoms with van der Waals surface area (Å²) in [6.07, 6.45) is 4.70. The van der Waals surface area contributed by atoms with Gasteiger partial charge in [-0.2, -0.15) is 0 Å². The van der Waals surface area contributed by atoms with E-state index in [2.05, 4.69) is 41.5 Å². The van der Waals surface area contributed by atoms with Gasteiger partial charge in [0.15, 0.2) is 0 Å². The lowest BCUT2D eigenvalue weighted by Crippen LogP contribution is -2.43. The molecule has 0 bridgehead atoms. The van der Waals surface area contributed by atoms with Crippen LogP contribution in [-0.2, 0) is 67.8 Å². The second-order valence-corrected chi connectivity index (χ2v) is 25.3. The van der Waals surface area contributed by atoms with Crippen LogP contribution in [0.1, 0.15) is 203 Å². The number of hydrogen-bond donors (Lipinski definition) is 3. The van der Waals surface area contributed by atoms with E-state index in [0.29, 0.717) is 31.4 Å². The summed E-state index contributed by atoms with van der Waals surface area (Å²) in [7, 11) is 1.49. The van der Waals surface area contributed by atoms with Gasteiger partial charge in [0.05, 0.1) is 17.8 Å². The molecule has 0 amide bonds. The molecule has 0 aromatic heterocycles. The van der Waals surface area contributed by atoms with Crippen molar-refractivity contribution in [2.45, 2.75) is 205 Å². The predicted octanol–water partition coefficient (Wildman–Crippen LogP) is 13.5.